The van der Waals surface area contributed by atoms with Crippen LogP contribution >= 0.6 is 0 Å². The van der Waals surface area contributed by atoms with Crippen molar-refractivity contribution in [2.24, 2.45) is 0 Å². The van der Waals surface area contributed by atoms with Crippen LogP contribution in [0.4, 0.5) is 13.2 Å². The topological polar surface area (TPSA) is 19.0 Å². The van der Waals surface area contributed by atoms with Gasteiger partial charge >= 0.3 is 0 Å². The lowest BCUT2D eigenvalue weighted by Crippen LogP contribution is -2.15. The highest BCUT2D eigenvalue weighted by Crippen LogP contribution is 2.25. The minimum Gasteiger partial charge on any atom is -0.329 e. The van der Waals surface area contributed by atoms with Crippen LogP contribution < -0.4 is 0 Å². The normalized spacial score (nSPS) is 11.6. The highest BCUT2D eigenvalue weighted by atomic mass is 19.2. The summed E-state index contributed by atoms with van der Waals surface area (Å²) in [4.78, 5) is 4.16. The summed E-state index contributed by atoms with van der Waals surface area (Å²) in [7, 11) is 3.74. The van der Waals surface area contributed by atoms with E-state index in [9.17, 15) is 13.2 Å². The predicted octanol–water partition coefficient (Wildman–Crippen LogP) is 2.69. The Labute approximate surface area is 97.0 Å². The first-order chi connectivity index (χ1) is 8.00. The standard InChI is InChI=1S/C12H13F3N2/c1-17(2)6-5-8-7-3-4-9(13)10(14)11(7)16-12(8)15/h3-4,16H,5-6H2,1-2H3. The molecule has 2 rings (SSSR count). The molecule has 0 bridgehead atoms. The smallest absolute Gasteiger partial charge is 0.195 e. The fourth-order valence-corrected chi connectivity index (χ4v) is 1.81. The third-order valence-electron chi connectivity index (χ3n) is 2.73. The van der Waals surface area contributed by atoms with E-state index in [1.807, 2.05) is 19.0 Å². The Kier molecular flexibility index (Phi) is 3.11. The molecule has 0 fully saturated rings. The van der Waals surface area contributed by atoms with E-state index in [4.69, 9.17) is 0 Å². The Morgan fingerprint density at radius 1 is 1.18 bits per heavy atom. The van der Waals surface area contributed by atoms with Crippen LogP contribution in [0.5, 0.6) is 0 Å². The third-order valence-corrected chi connectivity index (χ3v) is 2.73. The molecule has 0 saturated heterocycles. The Morgan fingerprint density at radius 3 is 2.53 bits per heavy atom. The molecule has 0 atom stereocenters. The number of nitrogens with zero attached hydrogens (tertiary/aromatic N) is 1. The number of likely N-dealkylation sites (N-methyl/N-ethyl adjacent to an activating group) is 1. The van der Waals surface area contributed by atoms with Crippen molar-refractivity contribution in [3.63, 3.8) is 0 Å². The summed E-state index contributed by atoms with van der Waals surface area (Å²) < 4.78 is 40.0. The molecule has 0 radical (unpaired) electrons. The number of rotatable bonds is 3. The van der Waals surface area contributed by atoms with E-state index in [1.165, 1.54) is 6.07 Å². The van der Waals surface area contributed by atoms with Crippen LogP contribution in [0.1, 0.15) is 5.56 Å². The van der Waals surface area contributed by atoms with Crippen molar-refractivity contribution >= 4 is 10.9 Å². The largest absolute Gasteiger partial charge is 0.329 e. The van der Waals surface area contributed by atoms with Gasteiger partial charge in [-0.25, -0.2) is 8.78 Å². The van der Waals surface area contributed by atoms with Gasteiger partial charge in [-0.2, -0.15) is 4.39 Å². The van der Waals surface area contributed by atoms with E-state index in [0.717, 1.165) is 6.07 Å². The Balaban J connectivity index is 2.49. The van der Waals surface area contributed by atoms with Gasteiger partial charge in [0.1, 0.15) is 0 Å². The summed E-state index contributed by atoms with van der Waals surface area (Å²) in [6, 6.07) is 2.42. The number of nitrogens with one attached hydrogen (secondary N) is 1. The van der Waals surface area contributed by atoms with Crippen LogP contribution in [0.2, 0.25) is 0 Å². The van der Waals surface area contributed by atoms with Gasteiger partial charge in [-0.1, -0.05) is 0 Å². The number of fused-ring (bicyclic) bond motifs is 1. The molecular weight excluding hydrogens is 229 g/mol. The first-order valence-electron chi connectivity index (χ1n) is 5.29. The molecule has 2 aromatic rings. The molecule has 0 aliphatic carbocycles. The van der Waals surface area contributed by atoms with Crippen molar-refractivity contribution in [3.05, 3.63) is 35.3 Å². The molecule has 1 aromatic heterocycles. The van der Waals surface area contributed by atoms with Crippen LogP contribution in [-0.4, -0.2) is 30.5 Å². The van der Waals surface area contributed by atoms with Gasteiger partial charge in [-0.3, -0.25) is 0 Å². The summed E-state index contributed by atoms with van der Waals surface area (Å²) in [5.41, 5.74) is 0.295. The van der Waals surface area contributed by atoms with Crippen molar-refractivity contribution < 1.29 is 13.2 Å². The molecule has 92 valence electrons. The van der Waals surface area contributed by atoms with Crippen LogP contribution in [0.3, 0.4) is 0 Å². The molecule has 0 saturated carbocycles. The maximum absolute atomic E-state index is 13.6. The number of aromatic amines is 1. The van der Waals surface area contributed by atoms with Gasteiger partial charge in [0.15, 0.2) is 17.6 Å². The second-order valence-corrected chi connectivity index (χ2v) is 4.25. The number of hydrogen-bond acceptors (Lipinski definition) is 1. The minimum atomic E-state index is -1.03. The van der Waals surface area contributed by atoms with Gasteiger partial charge in [0, 0.05) is 17.5 Å². The Morgan fingerprint density at radius 2 is 1.88 bits per heavy atom. The number of aromatic nitrogens is 1. The second kappa shape index (κ2) is 4.41. The fourth-order valence-electron chi connectivity index (χ4n) is 1.81. The molecule has 17 heavy (non-hydrogen) atoms. The summed E-state index contributed by atoms with van der Waals surface area (Å²) in [6.45, 7) is 0.642. The van der Waals surface area contributed by atoms with Gasteiger partial charge in [-0.15, -0.1) is 0 Å². The lowest BCUT2D eigenvalue weighted by molar-refractivity contribution is 0.410. The van der Waals surface area contributed by atoms with Crippen molar-refractivity contribution in [1.29, 1.82) is 0 Å². The van der Waals surface area contributed by atoms with E-state index in [2.05, 4.69) is 4.98 Å². The quantitative estimate of drug-likeness (QED) is 0.876. The first-order valence-corrected chi connectivity index (χ1v) is 5.29. The molecule has 0 aliphatic rings. The van der Waals surface area contributed by atoms with Crippen molar-refractivity contribution in [2.75, 3.05) is 20.6 Å². The molecule has 0 spiro atoms. The zero-order valence-electron chi connectivity index (χ0n) is 9.65. The van der Waals surface area contributed by atoms with Gasteiger partial charge in [-0.05, 0) is 32.6 Å². The van der Waals surface area contributed by atoms with Gasteiger partial charge in [0.25, 0.3) is 0 Å². The maximum atomic E-state index is 13.6. The first kappa shape index (κ1) is 12.0. The molecule has 0 unspecified atom stereocenters. The van der Waals surface area contributed by atoms with Crippen molar-refractivity contribution in [2.45, 2.75) is 6.42 Å². The molecule has 0 aliphatic heterocycles. The molecule has 1 heterocycles. The molecule has 5 heteroatoms. The highest BCUT2D eigenvalue weighted by molar-refractivity contribution is 5.84. The monoisotopic (exact) mass is 242 g/mol. The molecule has 1 N–H and O–H groups in total. The summed E-state index contributed by atoms with van der Waals surface area (Å²) in [5.74, 6) is -2.60. The maximum Gasteiger partial charge on any atom is 0.195 e. The summed E-state index contributed by atoms with van der Waals surface area (Å²) in [5, 5.41) is 0.406. The molecule has 0 amide bonds. The zero-order chi connectivity index (χ0) is 12.6. The van der Waals surface area contributed by atoms with E-state index in [1.54, 1.807) is 0 Å². The van der Waals surface area contributed by atoms with Gasteiger partial charge < -0.3 is 9.88 Å². The van der Waals surface area contributed by atoms with E-state index < -0.39 is 17.6 Å². The molecular formula is C12H13F3N2. The lowest BCUT2D eigenvalue weighted by Gasteiger charge is -2.08. The zero-order valence-corrected chi connectivity index (χ0v) is 9.65. The average molecular weight is 242 g/mol. The summed E-state index contributed by atoms with van der Waals surface area (Å²) >= 11 is 0. The molecule has 1 aromatic carbocycles. The van der Waals surface area contributed by atoms with Crippen molar-refractivity contribution in [1.82, 2.24) is 9.88 Å². The van der Waals surface area contributed by atoms with E-state index in [0.29, 0.717) is 23.9 Å². The fraction of sp³-hybridized carbons (Fsp3) is 0.333. The van der Waals surface area contributed by atoms with E-state index >= 15 is 0 Å². The van der Waals surface area contributed by atoms with Crippen LogP contribution in [0.15, 0.2) is 12.1 Å². The Bertz CT molecular complexity index is 546. The Hall–Kier alpha value is -1.49. The number of H-pyrrole nitrogens is 1. The highest BCUT2D eigenvalue weighted by Gasteiger charge is 2.16. The minimum absolute atomic E-state index is 0.101. The van der Waals surface area contributed by atoms with Crippen LogP contribution in [0, 0.1) is 17.6 Å². The van der Waals surface area contributed by atoms with E-state index in [-0.39, 0.29) is 5.52 Å². The summed E-state index contributed by atoms with van der Waals surface area (Å²) in [6.07, 6.45) is 0.448. The third kappa shape index (κ3) is 2.15. The number of benzene rings is 1. The number of halogens is 3. The van der Waals surface area contributed by atoms with Crippen LogP contribution in [-0.2, 0) is 6.42 Å². The second-order valence-electron chi connectivity index (χ2n) is 4.25. The van der Waals surface area contributed by atoms with Crippen molar-refractivity contribution in [3.8, 4) is 0 Å². The molecule has 2 nitrogen and oxygen atoms in total. The van der Waals surface area contributed by atoms with Crippen LogP contribution in [0.25, 0.3) is 10.9 Å². The number of hydrogen-bond donors (Lipinski definition) is 1. The predicted molar refractivity (Wildman–Crippen MR) is 60.4 cm³/mol. The van der Waals surface area contributed by atoms with Gasteiger partial charge in [0.2, 0.25) is 0 Å². The van der Waals surface area contributed by atoms with Gasteiger partial charge in [0.05, 0.1) is 5.52 Å². The SMILES string of the molecule is CN(C)CCc1c(F)[nH]c2c(F)c(F)ccc12. The lowest BCUT2D eigenvalue weighted by atomic mass is 10.1. The average Bonchev–Trinajstić information content (AvgIpc) is 2.58.